The molecule has 244 valence electrons. The van der Waals surface area contributed by atoms with E-state index in [0.29, 0.717) is 23.5 Å². The first kappa shape index (κ1) is 33.7. The van der Waals surface area contributed by atoms with Crippen molar-refractivity contribution in [1.82, 2.24) is 25.5 Å². The number of fused-ring (bicyclic) bond motifs is 1. The Balaban J connectivity index is 1.65. The predicted molar refractivity (Wildman–Crippen MR) is 167 cm³/mol. The fraction of sp³-hybridized carbons (Fsp3) is 0.576. The highest BCUT2D eigenvalue weighted by Gasteiger charge is 2.62. The Morgan fingerprint density at radius 2 is 1.76 bits per heavy atom. The van der Waals surface area contributed by atoms with Crippen molar-refractivity contribution in [1.29, 1.82) is 0 Å². The third kappa shape index (κ3) is 7.54. The first-order chi connectivity index (χ1) is 21.0. The number of alkyl carbamates (subject to hydrolysis) is 1. The number of carbonyl (C=O) groups is 4. The van der Waals surface area contributed by atoms with Crippen LogP contribution in [0, 0.1) is 18.3 Å². The predicted octanol–water partition coefficient (Wildman–Crippen LogP) is 3.85. The van der Waals surface area contributed by atoms with E-state index in [1.54, 1.807) is 40.7 Å². The second-order valence-corrected chi connectivity index (χ2v) is 13.8. The Labute approximate surface area is 264 Å². The van der Waals surface area contributed by atoms with E-state index in [-0.39, 0.29) is 25.5 Å². The zero-order valence-electron chi connectivity index (χ0n) is 27.4. The van der Waals surface area contributed by atoms with Crippen molar-refractivity contribution >= 4 is 34.9 Å². The van der Waals surface area contributed by atoms with Gasteiger partial charge in [-0.3, -0.25) is 9.59 Å². The van der Waals surface area contributed by atoms with Crippen molar-refractivity contribution in [3.8, 4) is 5.88 Å². The van der Waals surface area contributed by atoms with Gasteiger partial charge in [-0.25, -0.2) is 19.6 Å². The van der Waals surface area contributed by atoms with Crippen LogP contribution >= 0.6 is 0 Å². The van der Waals surface area contributed by atoms with Crippen molar-refractivity contribution in [3.63, 3.8) is 0 Å². The summed E-state index contributed by atoms with van der Waals surface area (Å²) in [5.74, 6) is -1.57. The van der Waals surface area contributed by atoms with Crippen LogP contribution in [-0.4, -0.2) is 81.2 Å². The van der Waals surface area contributed by atoms with Crippen LogP contribution in [0.4, 0.5) is 4.79 Å². The summed E-state index contributed by atoms with van der Waals surface area (Å²) in [6, 6.07) is 5.35. The lowest BCUT2D eigenvalue weighted by Gasteiger charge is -2.36. The van der Waals surface area contributed by atoms with Gasteiger partial charge in [0.2, 0.25) is 17.7 Å². The quantitative estimate of drug-likeness (QED) is 0.314. The molecule has 12 heteroatoms. The van der Waals surface area contributed by atoms with Gasteiger partial charge < -0.3 is 29.7 Å². The number of aromatic nitrogens is 2. The fourth-order valence-corrected chi connectivity index (χ4v) is 5.52. The number of esters is 1. The molecule has 1 aromatic heterocycles. The molecule has 2 fully saturated rings. The SMILES string of the molecule is C=C[C@@H]1C[C@]1(NC(=O)[C@@H]1C[C@@H](Oc2nc3ccccc3nc2C)CN1C(=O)[C@@H](NC(=O)OC(C)(C)C)C(C)(C)C)C(=O)OCC. The van der Waals surface area contributed by atoms with E-state index in [2.05, 4.69) is 27.2 Å². The zero-order chi connectivity index (χ0) is 33.3. The maximum absolute atomic E-state index is 14.3. The largest absolute Gasteiger partial charge is 0.471 e. The number of carbonyl (C=O) groups excluding carboxylic acids is 4. The van der Waals surface area contributed by atoms with E-state index >= 15 is 0 Å². The van der Waals surface area contributed by atoms with Crippen LogP contribution in [0.1, 0.15) is 67.0 Å². The van der Waals surface area contributed by atoms with E-state index in [0.717, 1.165) is 5.52 Å². The van der Waals surface area contributed by atoms with Gasteiger partial charge in [-0.1, -0.05) is 39.0 Å². The minimum absolute atomic E-state index is 0.0325. The summed E-state index contributed by atoms with van der Waals surface area (Å²) < 4.78 is 17.0. The van der Waals surface area contributed by atoms with Gasteiger partial charge in [-0.2, -0.15) is 0 Å². The molecule has 2 N–H and O–H groups in total. The van der Waals surface area contributed by atoms with Crippen LogP contribution in [0.5, 0.6) is 5.88 Å². The molecule has 45 heavy (non-hydrogen) atoms. The molecule has 0 radical (unpaired) electrons. The lowest BCUT2D eigenvalue weighted by molar-refractivity contribution is -0.150. The number of likely N-dealkylation sites (tertiary alicyclic amines) is 1. The molecular formula is C33H45N5O7. The third-order valence-electron chi connectivity index (χ3n) is 7.89. The maximum Gasteiger partial charge on any atom is 0.408 e. The number of para-hydroxylation sites is 2. The molecule has 1 saturated heterocycles. The highest BCUT2D eigenvalue weighted by Crippen LogP contribution is 2.45. The molecule has 1 aliphatic heterocycles. The van der Waals surface area contributed by atoms with Crippen LogP contribution in [0.3, 0.4) is 0 Å². The van der Waals surface area contributed by atoms with Gasteiger partial charge in [0.25, 0.3) is 0 Å². The van der Waals surface area contributed by atoms with Gasteiger partial charge in [0.05, 0.1) is 24.2 Å². The number of rotatable bonds is 9. The average Bonchev–Trinajstić information content (AvgIpc) is 3.49. The van der Waals surface area contributed by atoms with Crippen LogP contribution < -0.4 is 15.4 Å². The van der Waals surface area contributed by atoms with Crippen LogP contribution in [-0.2, 0) is 23.9 Å². The highest BCUT2D eigenvalue weighted by molar-refractivity contribution is 5.96. The molecule has 2 aromatic rings. The summed E-state index contributed by atoms with van der Waals surface area (Å²) in [5.41, 5.74) is -0.850. The molecule has 3 amide bonds. The van der Waals surface area contributed by atoms with Crippen LogP contribution in [0.25, 0.3) is 11.0 Å². The van der Waals surface area contributed by atoms with Gasteiger partial charge >= 0.3 is 12.1 Å². The lowest BCUT2D eigenvalue weighted by atomic mass is 9.85. The average molecular weight is 624 g/mol. The summed E-state index contributed by atoms with van der Waals surface area (Å²) in [5, 5.41) is 5.60. The number of hydrogen-bond acceptors (Lipinski definition) is 9. The molecule has 0 spiro atoms. The Kier molecular flexibility index (Phi) is 9.46. The first-order valence-corrected chi connectivity index (χ1v) is 15.3. The Hall–Kier alpha value is -4.22. The van der Waals surface area contributed by atoms with Gasteiger partial charge in [0.1, 0.15) is 35.0 Å². The van der Waals surface area contributed by atoms with Crippen molar-refractivity contribution in [2.24, 2.45) is 11.3 Å². The van der Waals surface area contributed by atoms with E-state index in [9.17, 15) is 19.2 Å². The summed E-state index contributed by atoms with van der Waals surface area (Å²) in [7, 11) is 0. The standard InChI is InChI=1S/C33H45N5O7/c1-10-20-17-33(20,29(41)43-11-2)37-26(39)24-16-21(44-27-19(3)34-22-14-12-13-15-23(22)35-27)18-38(24)28(40)25(31(4,5)6)36-30(42)45-32(7,8)9/h10,12-15,20-21,24-25H,1,11,16-18H2,2-9H3,(H,36,42)(H,37,39)/t20-,21-,24+,25-,33-/m1/s1. The molecule has 1 aromatic carbocycles. The number of aryl methyl sites for hydroxylation is 1. The number of hydrogen-bond donors (Lipinski definition) is 2. The van der Waals surface area contributed by atoms with Crippen LogP contribution in [0.15, 0.2) is 36.9 Å². The molecule has 4 rings (SSSR count). The third-order valence-corrected chi connectivity index (χ3v) is 7.89. The summed E-state index contributed by atoms with van der Waals surface area (Å²) in [4.78, 5) is 64.6. The Morgan fingerprint density at radius 3 is 2.31 bits per heavy atom. The molecular weight excluding hydrogens is 578 g/mol. The highest BCUT2D eigenvalue weighted by atomic mass is 16.6. The Morgan fingerprint density at radius 1 is 1.11 bits per heavy atom. The van der Waals surface area contributed by atoms with E-state index in [1.807, 2.05) is 45.0 Å². The smallest absolute Gasteiger partial charge is 0.408 e. The number of nitrogens with zero attached hydrogens (tertiary/aromatic N) is 3. The maximum atomic E-state index is 14.3. The van der Waals surface area contributed by atoms with Gasteiger partial charge in [0.15, 0.2) is 0 Å². The molecule has 12 nitrogen and oxygen atoms in total. The van der Waals surface area contributed by atoms with E-state index < -0.39 is 58.6 Å². The number of ether oxygens (including phenoxy) is 3. The van der Waals surface area contributed by atoms with Crippen LogP contribution in [0.2, 0.25) is 0 Å². The number of amides is 3. The molecule has 1 saturated carbocycles. The van der Waals surface area contributed by atoms with E-state index in [4.69, 9.17) is 14.2 Å². The second kappa shape index (κ2) is 12.6. The molecule has 1 aliphatic carbocycles. The van der Waals surface area contributed by atoms with Gasteiger partial charge in [-0.15, -0.1) is 6.58 Å². The minimum atomic E-state index is -1.25. The van der Waals surface area contributed by atoms with Crippen molar-refractivity contribution in [2.75, 3.05) is 13.2 Å². The van der Waals surface area contributed by atoms with Crippen molar-refractivity contribution in [3.05, 3.63) is 42.6 Å². The molecule has 2 heterocycles. The number of nitrogens with one attached hydrogen (secondary N) is 2. The van der Waals surface area contributed by atoms with Gasteiger partial charge in [0, 0.05) is 12.3 Å². The normalized spacial score (nSPS) is 23.6. The summed E-state index contributed by atoms with van der Waals surface area (Å²) in [6.07, 6.45) is 0.695. The lowest BCUT2D eigenvalue weighted by Crippen LogP contribution is -2.59. The summed E-state index contributed by atoms with van der Waals surface area (Å²) >= 11 is 0. The molecule has 0 unspecified atom stereocenters. The zero-order valence-corrected chi connectivity index (χ0v) is 27.4. The number of benzene rings is 1. The second-order valence-electron chi connectivity index (χ2n) is 13.8. The monoisotopic (exact) mass is 623 g/mol. The summed E-state index contributed by atoms with van der Waals surface area (Å²) in [6.45, 7) is 18.1. The molecule has 0 bridgehead atoms. The first-order valence-electron chi connectivity index (χ1n) is 15.3. The fourth-order valence-electron chi connectivity index (χ4n) is 5.52. The topological polar surface area (TPSA) is 149 Å². The Bertz CT molecular complexity index is 1480. The van der Waals surface area contributed by atoms with E-state index in [1.165, 1.54) is 4.90 Å². The minimum Gasteiger partial charge on any atom is -0.471 e. The molecule has 5 atom stereocenters. The van der Waals surface area contributed by atoms with Crippen molar-refractivity contribution in [2.45, 2.75) is 97.6 Å². The van der Waals surface area contributed by atoms with Crippen molar-refractivity contribution < 1.29 is 33.4 Å². The van der Waals surface area contributed by atoms with Gasteiger partial charge in [-0.05, 0) is 58.6 Å². The molecule has 2 aliphatic rings.